The van der Waals surface area contributed by atoms with Gasteiger partial charge in [-0.1, -0.05) is 18.2 Å². The Kier molecular flexibility index (Phi) is 7.51. The van der Waals surface area contributed by atoms with Gasteiger partial charge in [-0.15, -0.1) is 0 Å². The van der Waals surface area contributed by atoms with Gasteiger partial charge in [-0.2, -0.15) is 20.1 Å². The topological polar surface area (TPSA) is 160 Å². The van der Waals surface area contributed by atoms with Crippen molar-refractivity contribution >= 4 is 57.1 Å². The largest absolute Gasteiger partial charge is 0.503 e. The van der Waals surface area contributed by atoms with Gasteiger partial charge in [0.15, 0.2) is 11.5 Å². The second-order valence-electron chi connectivity index (χ2n) is 7.15. The Labute approximate surface area is 213 Å². The summed E-state index contributed by atoms with van der Waals surface area (Å²) in [6.45, 7) is 0. The summed E-state index contributed by atoms with van der Waals surface area (Å²) in [5.74, 6) is 0.832. The Morgan fingerprint density at radius 1 is 0.972 bits per heavy atom. The molecule has 4 rings (SSSR count). The van der Waals surface area contributed by atoms with Gasteiger partial charge in [0, 0.05) is 23.5 Å². The van der Waals surface area contributed by atoms with Crippen molar-refractivity contribution in [2.24, 2.45) is 5.10 Å². The number of nitrogens with zero attached hydrogens (tertiary/aromatic N) is 5. The van der Waals surface area contributed by atoms with Crippen molar-refractivity contribution in [1.82, 2.24) is 15.0 Å². The fourth-order valence-corrected chi connectivity index (χ4v) is 3.43. The van der Waals surface area contributed by atoms with Crippen molar-refractivity contribution in [2.75, 3.05) is 23.2 Å². The predicted octanol–water partition coefficient (Wildman–Crippen LogP) is 5.19. The zero-order chi connectivity index (χ0) is 25.5. The number of para-hydroxylation sites is 1. The number of nitro groups is 1. The molecule has 182 valence electrons. The number of halogens is 1. The maximum absolute atomic E-state index is 10.9. The molecule has 0 saturated carbocycles. The number of hydrogen-bond donors (Lipinski definition) is 4. The van der Waals surface area contributed by atoms with Gasteiger partial charge in [-0.3, -0.25) is 10.1 Å². The molecule has 4 N–H and O–H groups in total. The number of methoxy groups -OCH3 is 1. The number of non-ortho nitro benzene ring substituents is 1. The van der Waals surface area contributed by atoms with E-state index in [1.807, 2.05) is 30.3 Å². The third-order valence-corrected chi connectivity index (χ3v) is 5.25. The highest BCUT2D eigenvalue weighted by Gasteiger charge is 2.10. The van der Waals surface area contributed by atoms with E-state index >= 15 is 0 Å². The first-order valence-corrected chi connectivity index (χ1v) is 11.2. The molecule has 0 radical (unpaired) electrons. The Morgan fingerprint density at radius 2 is 1.58 bits per heavy atom. The summed E-state index contributed by atoms with van der Waals surface area (Å²) in [7, 11) is 1.45. The van der Waals surface area contributed by atoms with Crippen molar-refractivity contribution in [3.8, 4) is 11.5 Å². The number of ether oxygens (including phenoxy) is 1. The van der Waals surface area contributed by atoms with Gasteiger partial charge in [0.2, 0.25) is 17.8 Å². The monoisotopic (exact) mass is 550 g/mol. The summed E-state index contributed by atoms with van der Waals surface area (Å²) in [6.07, 6.45) is 1.50. The Bertz CT molecular complexity index is 1400. The van der Waals surface area contributed by atoms with E-state index < -0.39 is 4.92 Å². The molecule has 1 aromatic heterocycles. The minimum Gasteiger partial charge on any atom is -0.503 e. The van der Waals surface area contributed by atoms with Crippen LogP contribution < -0.4 is 20.8 Å². The first kappa shape index (κ1) is 24.3. The van der Waals surface area contributed by atoms with E-state index in [1.54, 1.807) is 24.3 Å². The first-order chi connectivity index (χ1) is 17.4. The van der Waals surface area contributed by atoms with Crippen molar-refractivity contribution in [1.29, 1.82) is 0 Å². The van der Waals surface area contributed by atoms with E-state index in [-0.39, 0.29) is 35.0 Å². The third-order valence-electron chi connectivity index (χ3n) is 4.65. The average molecular weight is 551 g/mol. The number of anilines is 5. The highest BCUT2D eigenvalue weighted by Crippen LogP contribution is 2.34. The molecule has 0 aliphatic rings. The number of rotatable bonds is 9. The SMILES string of the molecule is COc1cc(C=NNc2nc(Nc3ccccc3)nc(Nc3ccc([N+](=O)[O-])cc3)n2)cc(Br)c1O. The zero-order valence-corrected chi connectivity index (χ0v) is 20.3. The van der Waals surface area contributed by atoms with Crippen LogP contribution >= 0.6 is 15.9 Å². The molecular weight excluding hydrogens is 532 g/mol. The second kappa shape index (κ2) is 11.1. The normalized spacial score (nSPS) is 10.7. The molecule has 0 aliphatic carbocycles. The summed E-state index contributed by atoms with van der Waals surface area (Å²) in [6, 6.07) is 18.5. The van der Waals surface area contributed by atoms with Crippen molar-refractivity contribution < 1.29 is 14.8 Å². The molecule has 36 heavy (non-hydrogen) atoms. The molecule has 3 aromatic carbocycles. The van der Waals surface area contributed by atoms with Gasteiger partial charge in [0.1, 0.15) is 0 Å². The average Bonchev–Trinajstić information content (AvgIpc) is 2.87. The lowest BCUT2D eigenvalue weighted by molar-refractivity contribution is -0.384. The third kappa shape index (κ3) is 6.21. The maximum Gasteiger partial charge on any atom is 0.269 e. The van der Waals surface area contributed by atoms with Crippen LogP contribution in [0.15, 0.2) is 76.3 Å². The number of nitro benzene ring substituents is 1. The Morgan fingerprint density at radius 3 is 2.19 bits per heavy atom. The summed E-state index contributed by atoms with van der Waals surface area (Å²) in [4.78, 5) is 23.5. The van der Waals surface area contributed by atoms with Crippen molar-refractivity contribution in [3.63, 3.8) is 0 Å². The molecule has 0 spiro atoms. The van der Waals surface area contributed by atoms with Gasteiger partial charge in [0.05, 0.1) is 22.7 Å². The minimum atomic E-state index is -0.475. The Hall–Kier alpha value is -4.78. The number of nitrogens with one attached hydrogen (secondary N) is 3. The fraction of sp³-hybridized carbons (Fsp3) is 0.0435. The van der Waals surface area contributed by atoms with E-state index in [2.05, 4.69) is 52.0 Å². The number of aromatic nitrogens is 3. The van der Waals surface area contributed by atoms with Crippen LogP contribution in [0.2, 0.25) is 0 Å². The highest BCUT2D eigenvalue weighted by molar-refractivity contribution is 9.10. The lowest BCUT2D eigenvalue weighted by atomic mass is 10.2. The number of aromatic hydroxyl groups is 1. The summed E-state index contributed by atoms with van der Waals surface area (Å²) in [5.41, 5.74) is 4.69. The molecule has 12 nitrogen and oxygen atoms in total. The number of phenolic OH excluding ortho intramolecular Hbond substituents is 1. The molecule has 0 atom stereocenters. The van der Waals surface area contributed by atoms with Crippen LogP contribution in [0.1, 0.15) is 5.56 Å². The molecule has 13 heteroatoms. The number of benzene rings is 3. The van der Waals surface area contributed by atoms with Gasteiger partial charge >= 0.3 is 0 Å². The molecule has 1 heterocycles. The minimum absolute atomic E-state index is 0.0151. The number of phenols is 1. The molecule has 0 unspecified atom stereocenters. The number of hydrazone groups is 1. The van der Waals surface area contributed by atoms with Crippen LogP contribution in [0, 0.1) is 10.1 Å². The van der Waals surface area contributed by atoms with Crippen molar-refractivity contribution in [3.05, 3.63) is 86.9 Å². The van der Waals surface area contributed by atoms with Crippen LogP contribution in [-0.4, -0.2) is 38.3 Å². The lowest BCUT2D eigenvalue weighted by Gasteiger charge is -2.10. The van der Waals surface area contributed by atoms with E-state index in [0.29, 0.717) is 15.7 Å². The Balaban J connectivity index is 1.58. The molecule has 0 fully saturated rings. The van der Waals surface area contributed by atoms with Gasteiger partial charge < -0.3 is 20.5 Å². The van der Waals surface area contributed by atoms with Crippen LogP contribution in [0.25, 0.3) is 0 Å². The second-order valence-corrected chi connectivity index (χ2v) is 8.00. The fourth-order valence-electron chi connectivity index (χ4n) is 2.97. The molecular formula is C23H19BrN8O4. The predicted molar refractivity (Wildman–Crippen MR) is 140 cm³/mol. The molecule has 0 bridgehead atoms. The maximum atomic E-state index is 10.9. The molecule has 0 saturated heterocycles. The summed E-state index contributed by atoms with van der Waals surface area (Å²) < 4.78 is 5.60. The smallest absolute Gasteiger partial charge is 0.269 e. The lowest BCUT2D eigenvalue weighted by Crippen LogP contribution is -2.07. The van der Waals surface area contributed by atoms with Crippen molar-refractivity contribution in [2.45, 2.75) is 0 Å². The summed E-state index contributed by atoms with van der Waals surface area (Å²) in [5, 5.41) is 31.1. The summed E-state index contributed by atoms with van der Waals surface area (Å²) >= 11 is 3.27. The van der Waals surface area contributed by atoms with Crippen LogP contribution in [-0.2, 0) is 0 Å². The first-order valence-electron chi connectivity index (χ1n) is 10.4. The van der Waals surface area contributed by atoms with E-state index in [1.165, 1.54) is 25.5 Å². The van der Waals surface area contributed by atoms with E-state index in [9.17, 15) is 15.2 Å². The molecule has 0 aliphatic heterocycles. The van der Waals surface area contributed by atoms with Gasteiger partial charge in [0.25, 0.3) is 5.69 Å². The van der Waals surface area contributed by atoms with Crippen LogP contribution in [0.5, 0.6) is 11.5 Å². The van der Waals surface area contributed by atoms with E-state index in [4.69, 9.17) is 4.74 Å². The molecule has 4 aromatic rings. The standard InChI is InChI=1S/C23H19BrN8O4/c1-36-19-12-14(11-18(24)20(19)33)13-25-31-23-29-21(26-15-5-3-2-4-6-15)28-22(30-23)27-16-7-9-17(10-8-16)32(34)35/h2-13,33H,1H3,(H3,26,27,28,29,30,31). The van der Waals surface area contributed by atoms with Gasteiger partial charge in [-0.25, -0.2) is 5.43 Å². The molecule has 0 amide bonds. The highest BCUT2D eigenvalue weighted by atomic mass is 79.9. The van der Waals surface area contributed by atoms with E-state index in [0.717, 1.165) is 5.69 Å². The van der Waals surface area contributed by atoms with Gasteiger partial charge in [-0.05, 0) is 57.9 Å². The quantitative estimate of drug-likeness (QED) is 0.124. The zero-order valence-electron chi connectivity index (χ0n) is 18.7. The number of hydrogen-bond acceptors (Lipinski definition) is 11. The van der Waals surface area contributed by atoms with Crippen LogP contribution in [0.3, 0.4) is 0 Å². The van der Waals surface area contributed by atoms with Crippen LogP contribution in [0.4, 0.5) is 34.9 Å².